The Hall–Kier alpha value is -1.84. The molecule has 0 aliphatic heterocycles. The Kier molecular flexibility index (Phi) is 9.58. The second-order valence-electron chi connectivity index (χ2n) is 7.82. The Morgan fingerprint density at radius 3 is 2.12 bits per heavy atom. The van der Waals surface area contributed by atoms with Crippen LogP contribution in [0.4, 0.5) is 0 Å². The minimum atomic E-state index is -3.95. The molecule has 33 heavy (non-hydrogen) atoms. The number of hydrogen-bond donors (Lipinski definition) is 1. The third kappa shape index (κ3) is 7.32. The fraction of sp³-hybridized carbons (Fsp3) is 0.364. The third-order valence-corrected chi connectivity index (χ3v) is 7.62. The predicted molar refractivity (Wildman–Crippen MR) is 131 cm³/mol. The molecule has 0 unspecified atom stereocenters. The van der Waals surface area contributed by atoms with Gasteiger partial charge in [-0.3, -0.25) is 9.59 Å². The lowest BCUT2D eigenvalue weighted by Gasteiger charge is -2.31. The second-order valence-corrected chi connectivity index (χ2v) is 11.1. The van der Waals surface area contributed by atoms with Gasteiger partial charge in [-0.1, -0.05) is 40.9 Å². The zero-order valence-electron chi connectivity index (χ0n) is 18.7. The van der Waals surface area contributed by atoms with Gasteiger partial charge >= 0.3 is 0 Å². The Morgan fingerprint density at radius 1 is 0.970 bits per heavy atom. The molecule has 1 atom stereocenters. The maximum Gasteiger partial charge on any atom is 0.243 e. The van der Waals surface area contributed by atoms with E-state index in [1.165, 1.54) is 36.2 Å². The highest BCUT2D eigenvalue weighted by molar-refractivity contribution is 7.89. The molecule has 2 amide bonds. The summed E-state index contributed by atoms with van der Waals surface area (Å²) in [7, 11) is -2.64. The lowest BCUT2D eigenvalue weighted by molar-refractivity contribution is -0.140. The van der Waals surface area contributed by atoms with E-state index >= 15 is 0 Å². The van der Waals surface area contributed by atoms with E-state index in [2.05, 4.69) is 5.32 Å². The van der Waals surface area contributed by atoms with Gasteiger partial charge in [-0.2, -0.15) is 4.31 Å². The van der Waals surface area contributed by atoms with E-state index < -0.39 is 28.5 Å². The summed E-state index contributed by atoms with van der Waals surface area (Å²) in [6, 6.07) is 9.54. The fourth-order valence-electron chi connectivity index (χ4n) is 2.98. The number of amides is 2. The topological polar surface area (TPSA) is 86.8 Å². The van der Waals surface area contributed by atoms with Crippen LogP contribution in [0, 0.1) is 0 Å². The summed E-state index contributed by atoms with van der Waals surface area (Å²) in [5.74, 6) is -0.908. The van der Waals surface area contributed by atoms with E-state index in [0.717, 1.165) is 4.31 Å². The van der Waals surface area contributed by atoms with Gasteiger partial charge in [0.1, 0.15) is 6.04 Å². The maximum absolute atomic E-state index is 13.2. The van der Waals surface area contributed by atoms with Crippen LogP contribution in [0.5, 0.6) is 0 Å². The molecule has 0 saturated heterocycles. The number of carbonyl (C=O) groups is 2. The van der Waals surface area contributed by atoms with Crippen molar-refractivity contribution in [2.24, 2.45) is 0 Å². The molecule has 2 aromatic carbocycles. The van der Waals surface area contributed by atoms with Crippen LogP contribution in [0.3, 0.4) is 0 Å². The molecule has 2 rings (SSSR count). The molecule has 0 heterocycles. The quantitative estimate of drug-likeness (QED) is 0.522. The molecule has 180 valence electrons. The minimum absolute atomic E-state index is 0.00355. The summed E-state index contributed by atoms with van der Waals surface area (Å²) in [5, 5.41) is 3.84. The summed E-state index contributed by atoms with van der Waals surface area (Å²) in [6.07, 6.45) is 0. The van der Waals surface area contributed by atoms with E-state index in [1.54, 1.807) is 25.1 Å². The van der Waals surface area contributed by atoms with Gasteiger partial charge in [-0.25, -0.2) is 8.42 Å². The SMILES string of the molecule is CC(C)NC(=O)[C@H](C)N(Cc1ccc(Cl)c(Cl)c1)C(=O)CN(C)S(=O)(=O)c1ccc(Cl)cc1. The van der Waals surface area contributed by atoms with Gasteiger partial charge < -0.3 is 10.2 Å². The Morgan fingerprint density at radius 2 is 1.58 bits per heavy atom. The minimum Gasteiger partial charge on any atom is -0.352 e. The molecule has 0 aliphatic rings. The average Bonchev–Trinajstić information content (AvgIpc) is 2.73. The normalized spacial score (nSPS) is 12.6. The zero-order chi connectivity index (χ0) is 24.9. The first-order valence-electron chi connectivity index (χ1n) is 10.1. The lowest BCUT2D eigenvalue weighted by atomic mass is 10.1. The van der Waals surface area contributed by atoms with E-state index in [9.17, 15) is 18.0 Å². The highest BCUT2D eigenvalue weighted by Gasteiger charge is 2.30. The summed E-state index contributed by atoms with van der Waals surface area (Å²) < 4.78 is 26.7. The summed E-state index contributed by atoms with van der Waals surface area (Å²) in [5.41, 5.74) is 0.644. The smallest absolute Gasteiger partial charge is 0.243 e. The number of nitrogens with zero attached hydrogens (tertiary/aromatic N) is 2. The molecule has 0 spiro atoms. The number of likely N-dealkylation sites (N-methyl/N-ethyl adjacent to an activating group) is 1. The number of nitrogens with one attached hydrogen (secondary N) is 1. The van der Waals surface area contributed by atoms with Crippen molar-refractivity contribution >= 4 is 56.6 Å². The monoisotopic (exact) mass is 533 g/mol. The van der Waals surface area contributed by atoms with Gasteiger partial charge in [-0.15, -0.1) is 0 Å². The molecule has 0 fully saturated rings. The summed E-state index contributed by atoms with van der Waals surface area (Å²) in [6.45, 7) is 4.77. The van der Waals surface area contributed by atoms with Crippen LogP contribution >= 0.6 is 34.8 Å². The molecular formula is C22H26Cl3N3O4S. The van der Waals surface area contributed by atoms with Gasteiger partial charge in [0.15, 0.2) is 0 Å². The van der Waals surface area contributed by atoms with Crippen LogP contribution in [0.25, 0.3) is 0 Å². The Bertz CT molecular complexity index is 1110. The average molecular weight is 535 g/mol. The third-order valence-electron chi connectivity index (χ3n) is 4.81. The van der Waals surface area contributed by atoms with Gasteiger partial charge in [0, 0.05) is 24.7 Å². The first kappa shape index (κ1) is 27.4. The number of carbonyl (C=O) groups excluding carboxylic acids is 2. The highest BCUT2D eigenvalue weighted by atomic mass is 35.5. The molecule has 0 bridgehead atoms. The molecule has 11 heteroatoms. The predicted octanol–water partition coefficient (Wildman–Crippen LogP) is 4.21. The number of sulfonamides is 1. The van der Waals surface area contributed by atoms with Crippen molar-refractivity contribution < 1.29 is 18.0 Å². The van der Waals surface area contributed by atoms with Crippen LogP contribution in [-0.2, 0) is 26.2 Å². The Balaban J connectivity index is 2.30. The zero-order valence-corrected chi connectivity index (χ0v) is 21.8. The maximum atomic E-state index is 13.2. The van der Waals surface area contributed by atoms with Crippen LogP contribution in [0.15, 0.2) is 47.4 Å². The largest absolute Gasteiger partial charge is 0.352 e. The number of rotatable bonds is 9. The van der Waals surface area contributed by atoms with Crippen LogP contribution in [-0.4, -0.2) is 55.1 Å². The second kappa shape index (κ2) is 11.5. The van der Waals surface area contributed by atoms with E-state index in [4.69, 9.17) is 34.8 Å². The molecule has 7 nitrogen and oxygen atoms in total. The van der Waals surface area contributed by atoms with Crippen LogP contribution in [0.1, 0.15) is 26.3 Å². The molecule has 0 aliphatic carbocycles. The Labute approximate surface area is 209 Å². The number of halogens is 3. The van der Waals surface area contributed by atoms with Gasteiger partial charge in [0.25, 0.3) is 0 Å². The van der Waals surface area contributed by atoms with Gasteiger partial charge in [0.05, 0.1) is 21.5 Å². The van der Waals surface area contributed by atoms with E-state index in [-0.39, 0.29) is 23.4 Å². The molecule has 0 radical (unpaired) electrons. The summed E-state index contributed by atoms with van der Waals surface area (Å²) in [4.78, 5) is 27.2. The molecule has 0 saturated carbocycles. The number of benzene rings is 2. The van der Waals surface area contributed by atoms with Gasteiger partial charge in [0.2, 0.25) is 21.8 Å². The molecule has 0 aromatic heterocycles. The van der Waals surface area contributed by atoms with E-state index in [1.807, 2.05) is 13.8 Å². The molecule has 1 N–H and O–H groups in total. The van der Waals surface area contributed by atoms with Crippen molar-refractivity contribution in [1.82, 2.24) is 14.5 Å². The van der Waals surface area contributed by atoms with Crippen molar-refractivity contribution in [3.8, 4) is 0 Å². The van der Waals surface area contributed by atoms with Crippen molar-refractivity contribution in [1.29, 1.82) is 0 Å². The summed E-state index contributed by atoms with van der Waals surface area (Å²) >= 11 is 17.9. The van der Waals surface area contributed by atoms with Crippen molar-refractivity contribution in [3.63, 3.8) is 0 Å². The van der Waals surface area contributed by atoms with Gasteiger partial charge in [-0.05, 0) is 62.7 Å². The van der Waals surface area contributed by atoms with Crippen molar-refractivity contribution in [3.05, 3.63) is 63.1 Å². The van der Waals surface area contributed by atoms with Crippen molar-refractivity contribution in [2.45, 2.75) is 44.3 Å². The van der Waals surface area contributed by atoms with Crippen LogP contribution in [0.2, 0.25) is 15.1 Å². The van der Waals surface area contributed by atoms with E-state index in [0.29, 0.717) is 20.6 Å². The first-order chi connectivity index (χ1) is 15.3. The standard InChI is InChI=1S/C22H26Cl3N3O4S/c1-14(2)26-22(30)15(3)28(12-16-5-10-19(24)20(25)11-16)21(29)13-27(4)33(31,32)18-8-6-17(23)7-9-18/h5-11,14-15H,12-13H2,1-4H3,(H,26,30)/t15-/m0/s1. The fourth-order valence-corrected chi connectivity index (χ4v) is 4.54. The van der Waals surface area contributed by atoms with Crippen molar-refractivity contribution in [2.75, 3.05) is 13.6 Å². The lowest BCUT2D eigenvalue weighted by Crippen LogP contribution is -2.51. The molecular weight excluding hydrogens is 509 g/mol. The first-order valence-corrected chi connectivity index (χ1v) is 12.7. The van der Waals surface area contributed by atoms with Crippen LogP contribution < -0.4 is 5.32 Å². The molecule has 2 aromatic rings. The highest BCUT2D eigenvalue weighted by Crippen LogP contribution is 2.24. The number of hydrogen-bond acceptors (Lipinski definition) is 4.